The standard InChI is InChI=1S/C12H15N5O3/c1-2-13-9-5-10(7-11(6-9)17(18)19)14-4-3-12-15-8-20-16-12/h5-8,13-14H,2-4H2,1H3. The predicted molar refractivity (Wildman–Crippen MR) is 73.8 cm³/mol. The van der Waals surface area contributed by atoms with E-state index in [0.29, 0.717) is 36.7 Å². The Hall–Kier alpha value is -2.64. The minimum absolute atomic E-state index is 0.0468. The van der Waals surface area contributed by atoms with E-state index in [1.54, 1.807) is 0 Å². The first-order valence-corrected chi connectivity index (χ1v) is 6.21. The summed E-state index contributed by atoms with van der Waals surface area (Å²) in [5.74, 6) is 0.592. The molecule has 0 fully saturated rings. The predicted octanol–water partition coefficient (Wildman–Crippen LogP) is 2.06. The van der Waals surface area contributed by atoms with Crippen molar-refractivity contribution in [2.75, 3.05) is 23.7 Å². The van der Waals surface area contributed by atoms with E-state index in [-0.39, 0.29) is 5.69 Å². The van der Waals surface area contributed by atoms with E-state index >= 15 is 0 Å². The SMILES string of the molecule is CCNc1cc(NCCc2ncon2)cc([N+](=O)[O-])c1. The Morgan fingerprint density at radius 2 is 2.05 bits per heavy atom. The molecule has 0 aliphatic rings. The first-order chi connectivity index (χ1) is 9.69. The van der Waals surface area contributed by atoms with Gasteiger partial charge in [-0.25, -0.2) is 0 Å². The molecule has 0 saturated heterocycles. The zero-order valence-corrected chi connectivity index (χ0v) is 11.0. The fourth-order valence-electron chi connectivity index (χ4n) is 1.75. The van der Waals surface area contributed by atoms with Gasteiger partial charge in [0.15, 0.2) is 5.82 Å². The topological polar surface area (TPSA) is 106 Å². The van der Waals surface area contributed by atoms with Gasteiger partial charge in [-0.15, -0.1) is 0 Å². The van der Waals surface area contributed by atoms with Crippen LogP contribution in [0.3, 0.4) is 0 Å². The van der Waals surface area contributed by atoms with Crippen LogP contribution in [0.15, 0.2) is 29.1 Å². The van der Waals surface area contributed by atoms with E-state index in [9.17, 15) is 10.1 Å². The number of nitro groups is 1. The highest BCUT2D eigenvalue weighted by Gasteiger charge is 2.09. The summed E-state index contributed by atoms with van der Waals surface area (Å²) >= 11 is 0. The molecule has 0 aliphatic carbocycles. The van der Waals surface area contributed by atoms with Gasteiger partial charge in [0.25, 0.3) is 5.69 Å². The molecule has 20 heavy (non-hydrogen) atoms. The number of benzene rings is 1. The molecule has 2 rings (SSSR count). The van der Waals surface area contributed by atoms with Crippen LogP contribution in [0, 0.1) is 10.1 Å². The van der Waals surface area contributed by atoms with E-state index in [1.807, 2.05) is 13.0 Å². The average molecular weight is 277 g/mol. The van der Waals surface area contributed by atoms with Crippen LogP contribution < -0.4 is 10.6 Å². The van der Waals surface area contributed by atoms with Crippen LogP contribution in [-0.4, -0.2) is 28.2 Å². The van der Waals surface area contributed by atoms with E-state index < -0.39 is 4.92 Å². The third-order valence-corrected chi connectivity index (χ3v) is 2.59. The summed E-state index contributed by atoms with van der Waals surface area (Å²) in [6.45, 7) is 3.19. The summed E-state index contributed by atoms with van der Waals surface area (Å²) in [5, 5.41) is 20.8. The lowest BCUT2D eigenvalue weighted by molar-refractivity contribution is -0.384. The van der Waals surface area contributed by atoms with E-state index in [0.717, 1.165) is 0 Å². The molecular formula is C12H15N5O3. The monoisotopic (exact) mass is 277 g/mol. The lowest BCUT2D eigenvalue weighted by Crippen LogP contribution is -2.07. The zero-order valence-electron chi connectivity index (χ0n) is 11.0. The zero-order chi connectivity index (χ0) is 14.4. The van der Waals surface area contributed by atoms with Gasteiger partial charge in [-0.05, 0) is 13.0 Å². The molecule has 1 heterocycles. The normalized spacial score (nSPS) is 10.2. The van der Waals surface area contributed by atoms with Gasteiger partial charge in [0, 0.05) is 43.0 Å². The quantitative estimate of drug-likeness (QED) is 0.589. The number of non-ortho nitro benzene ring substituents is 1. The number of nitro benzene ring substituents is 1. The lowest BCUT2D eigenvalue weighted by Gasteiger charge is -2.08. The third kappa shape index (κ3) is 3.67. The second-order valence-electron chi connectivity index (χ2n) is 4.08. The molecule has 106 valence electrons. The summed E-state index contributed by atoms with van der Waals surface area (Å²) in [6.07, 6.45) is 1.85. The van der Waals surface area contributed by atoms with Crippen molar-refractivity contribution in [3.63, 3.8) is 0 Å². The molecule has 0 atom stereocenters. The van der Waals surface area contributed by atoms with Gasteiger partial charge in [0.1, 0.15) is 0 Å². The molecule has 8 heteroatoms. The maximum Gasteiger partial charge on any atom is 0.273 e. The molecule has 0 spiro atoms. The first kappa shape index (κ1) is 13.8. The molecule has 0 aliphatic heterocycles. The molecule has 0 saturated carbocycles. The molecule has 1 aromatic heterocycles. The summed E-state index contributed by atoms with van der Waals surface area (Å²) in [4.78, 5) is 14.4. The van der Waals surface area contributed by atoms with Gasteiger partial charge in [-0.2, -0.15) is 4.98 Å². The molecule has 0 radical (unpaired) electrons. The van der Waals surface area contributed by atoms with Crippen LogP contribution in [0.1, 0.15) is 12.7 Å². The number of nitrogens with zero attached hydrogens (tertiary/aromatic N) is 3. The highest BCUT2D eigenvalue weighted by molar-refractivity contribution is 5.63. The van der Waals surface area contributed by atoms with Gasteiger partial charge < -0.3 is 15.2 Å². The van der Waals surface area contributed by atoms with E-state index in [2.05, 4.69) is 25.3 Å². The lowest BCUT2D eigenvalue weighted by atomic mass is 10.2. The Balaban J connectivity index is 2.03. The van der Waals surface area contributed by atoms with Gasteiger partial charge in [0.05, 0.1) is 4.92 Å². The van der Waals surface area contributed by atoms with Crippen LogP contribution in [0.5, 0.6) is 0 Å². The van der Waals surface area contributed by atoms with Crippen molar-refractivity contribution in [1.29, 1.82) is 0 Å². The van der Waals surface area contributed by atoms with Gasteiger partial charge in [0.2, 0.25) is 6.39 Å². The van der Waals surface area contributed by atoms with Crippen molar-refractivity contribution >= 4 is 17.1 Å². The third-order valence-electron chi connectivity index (χ3n) is 2.59. The molecule has 2 aromatic rings. The Kier molecular flexibility index (Phi) is 4.48. The molecular weight excluding hydrogens is 262 g/mol. The number of nitrogens with one attached hydrogen (secondary N) is 2. The van der Waals surface area contributed by atoms with Crippen LogP contribution in [0.2, 0.25) is 0 Å². The van der Waals surface area contributed by atoms with Crippen molar-refractivity contribution in [1.82, 2.24) is 10.1 Å². The molecule has 2 N–H and O–H groups in total. The van der Waals surface area contributed by atoms with Gasteiger partial charge in [-0.3, -0.25) is 10.1 Å². The Morgan fingerprint density at radius 1 is 1.30 bits per heavy atom. The number of aromatic nitrogens is 2. The van der Waals surface area contributed by atoms with Crippen molar-refractivity contribution in [2.45, 2.75) is 13.3 Å². The minimum Gasteiger partial charge on any atom is -0.385 e. The summed E-state index contributed by atoms with van der Waals surface area (Å²) in [6, 6.07) is 4.83. The Morgan fingerprint density at radius 3 is 2.65 bits per heavy atom. The Labute approximate surface area is 115 Å². The fourth-order valence-corrected chi connectivity index (χ4v) is 1.75. The van der Waals surface area contributed by atoms with E-state index in [1.165, 1.54) is 18.5 Å². The summed E-state index contributed by atoms with van der Waals surface area (Å²) in [5.41, 5.74) is 1.44. The maximum atomic E-state index is 10.9. The van der Waals surface area contributed by atoms with E-state index in [4.69, 9.17) is 0 Å². The highest BCUT2D eigenvalue weighted by Crippen LogP contribution is 2.24. The van der Waals surface area contributed by atoms with Crippen molar-refractivity contribution in [2.24, 2.45) is 0 Å². The van der Waals surface area contributed by atoms with Gasteiger partial charge >= 0.3 is 0 Å². The molecule has 0 amide bonds. The van der Waals surface area contributed by atoms with Crippen LogP contribution >= 0.6 is 0 Å². The summed E-state index contributed by atoms with van der Waals surface area (Å²) in [7, 11) is 0. The fraction of sp³-hybridized carbons (Fsp3) is 0.333. The van der Waals surface area contributed by atoms with Crippen molar-refractivity contribution in [3.8, 4) is 0 Å². The van der Waals surface area contributed by atoms with Crippen molar-refractivity contribution < 1.29 is 9.45 Å². The first-order valence-electron chi connectivity index (χ1n) is 6.21. The number of hydrogen-bond acceptors (Lipinski definition) is 7. The molecule has 0 unspecified atom stereocenters. The summed E-state index contributed by atoms with van der Waals surface area (Å²) < 4.78 is 4.63. The van der Waals surface area contributed by atoms with Gasteiger partial charge in [-0.1, -0.05) is 5.16 Å². The molecule has 8 nitrogen and oxygen atoms in total. The average Bonchev–Trinajstić information content (AvgIpc) is 2.92. The second-order valence-corrected chi connectivity index (χ2v) is 4.08. The highest BCUT2D eigenvalue weighted by atomic mass is 16.6. The largest absolute Gasteiger partial charge is 0.385 e. The van der Waals surface area contributed by atoms with Crippen molar-refractivity contribution in [3.05, 3.63) is 40.5 Å². The second kappa shape index (κ2) is 6.50. The smallest absolute Gasteiger partial charge is 0.273 e. The maximum absolute atomic E-state index is 10.9. The van der Waals surface area contributed by atoms with Crippen LogP contribution in [0.4, 0.5) is 17.1 Å². The number of rotatable bonds is 7. The number of hydrogen-bond donors (Lipinski definition) is 2. The van der Waals surface area contributed by atoms with Crippen LogP contribution in [0.25, 0.3) is 0 Å². The molecule has 0 bridgehead atoms. The minimum atomic E-state index is -0.412. The number of anilines is 2. The Bertz CT molecular complexity index is 570. The van der Waals surface area contributed by atoms with Crippen LogP contribution in [-0.2, 0) is 6.42 Å². The molecule has 1 aromatic carbocycles.